The van der Waals surface area contributed by atoms with Gasteiger partial charge in [0, 0.05) is 13.1 Å². The molecule has 1 heteroatoms. The molecule has 1 saturated heterocycles. The Morgan fingerprint density at radius 1 is 1.00 bits per heavy atom. The summed E-state index contributed by atoms with van der Waals surface area (Å²) in [7, 11) is 0. The van der Waals surface area contributed by atoms with Gasteiger partial charge in [-0.05, 0) is 24.7 Å². The molecule has 0 N–H and O–H groups in total. The fraction of sp³-hybridized carbons (Fsp3) is 1.00. The quantitative estimate of drug-likeness (QED) is 0.442. The smallest absolute Gasteiger partial charge is 0.0164 e. The fourth-order valence-corrected chi connectivity index (χ4v) is 2.00. The standard InChI is InChI=1S/C7H12N/c1-2-6-4-8-5-7(6)3-1/h6-7H,1-5H2/t6-,7+. The van der Waals surface area contributed by atoms with E-state index >= 15 is 0 Å². The predicted molar refractivity (Wildman–Crippen MR) is 32.7 cm³/mol. The zero-order chi connectivity index (χ0) is 5.40. The van der Waals surface area contributed by atoms with Gasteiger partial charge in [-0.1, -0.05) is 6.42 Å². The highest BCUT2D eigenvalue weighted by atomic mass is 14.9. The maximum atomic E-state index is 4.37. The van der Waals surface area contributed by atoms with Gasteiger partial charge in [0.05, 0.1) is 0 Å². The Hall–Kier alpha value is -0.0400. The summed E-state index contributed by atoms with van der Waals surface area (Å²) in [6.07, 6.45) is 4.41. The highest BCUT2D eigenvalue weighted by Gasteiger charge is 2.31. The lowest BCUT2D eigenvalue weighted by Crippen LogP contribution is -2.01. The third kappa shape index (κ3) is 0.576. The van der Waals surface area contributed by atoms with E-state index in [1.54, 1.807) is 0 Å². The van der Waals surface area contributed by atoms with Crippen LogP contribution in [0.4, 0.5) is 0 Å². The van der Waals surface area contributed by atoms with Crippen LogP contribution >= 0.6 is 0 Å². The van der Waals surface area contributed by atoms with Crippen LogP contribution in [0.5, 0.6) is 0 Å². The first-order chi connectivity index (χ1) is 3.97. The summed E-state index contributed by atoms with van der Waals surface area (Å²) >= 11 is 0. The second-order valence-electron chi connectivity index (χ2n) is 3.04. The molecule has 1 nitrogen and oxygen atoms in total. The predicted octanol–water partition coefficient (Wildman–Crippen LogP) is 1.02. The van der Waals surface area contributed by atoms with Crippen molar-refractivity contribution in [1.82, 2.24) is 5.32 Å². The minimum Gasteiger partial charge on any atom is -0.241 e. The third-order valence-corrected chi connectivity index (χ3v) is 2.54. The van der Waals surface area contributed by atoms with Gasteiger partial charge in [0.1, 0.15) is 0 Å². The summed E-state index contributed by atoms with van der Waals surface area (Å²) in [6.45, 7) is 2.37. The number of rotatable bonds is 0. The van der Waals surface area contributed by atoms with E-state index in [1.807, 2.05) is 0 Å². The monoisotopic (exact) mass is 110 g/mol. The molecule has 0 aromatic heterocycles. The number of nitrogens with zero attached hydrogens (tertiary/aromatic N) is 1. The number of hydrogen-bond acceptors (Lipinski definition) is 0. The van der Waals surface area contributed by atoms with Gasteiger partial charge < -0.3 is 0 Å². The summed E-state index contributed by atoms with van der Waals surface area (Å²) in [5.41, 5.74) is 0. The highest BCUT2D eigenvalue weighted by Crippen LogP contribution is 2.34. The Labute approximate surface area is 50.5 Å². The lowest BCUT2D eigenvalue weighted by molar-refractivity contribution is 0.494. The van der Waals surface area contributed by atoms with Crippen LogP contribution < -0.4 is 5.32 Å². The molecule has 1 heterocycles. The Balaban J connectivity index is 2.04. The van der Waals surface area contributed by atoms with Crippen LogP contribution in [-0.4, -0.2) is 13.1 Å². The summed E-state index contributed by atoms with van der Waals surface area (Å²) in [4.78, 5) is 0. The molecule has 2 rings (SSSR count). The molecule has 1 radical (unpaired) electrons. The fourth-order valence-electron chi connectivity index (χ4n) is 2.00. The van der Waals surface area contributed by atoms with E-state index in [0.717, 1.165) is 11.8 Å². The zero-order valence-corrected chi connectivity index (χ0v) is 5.14. The first kappa shape index (κ1) is 4.80. The maximum Gasteiger partial charge on any atom is 0.0164 e. The van der Waals surface area contributed by atoms with Crippen molar-refractivity contribution >= 4 is 0 Å². The molecule has 1 saturated carbocycles. The van der Waals surface area contributed by atoms with Crippen molar-refractivity contribution in [2.24, 2.45) is 11.8 Å². The van der Waals surface area contributed by atoms with Crippen molar-refractivity contribution in [3.05, 3.63) is 0 Å². The summed E-state index contributed by atoms with van der Waals surface area (Å²) in [5, 5.41) is 4.37. The average Bonchev–Trinajstić information content (AvgIpc) is 2.15. The molecule has 2 fully saturated rings. The first-order valence-electron chi connectivity index (χ1n) is 3.60. The minimum atomic E-state index is 1.01. The molecular formula is C7H12N. The normalized spacial score (nSPS) is 45.0. The van der Waals surface area contributed by atoms with Gasteiger partial charge in [-0.15, -0.1) is 0 Å². The topological polar surface area (TPSA) is 14.1 Å². The van der Waals surface area contributed by atoms with Crippen LogP contribution in [0.15, 0.2) is 0 Å². The van der Waals surface area contributed by atoms with Crippen LogP contribution in [0.1, 0.15) is 19.3 Å². The van der Waals surface area contributed by atoms with Crippen molar-refractivity contribution in [3.8, 4) is 0 Å². The second kappa shape index (κ2) is 1.73. The Morgan fingerprint density at radius 3 is 2.25 bits per heavy atom. The average molecular weight is 110 g/mol. The molecule has 1 aliphatic carbocycles. The van der Waals surface area contributed by atoms with Gasteiger partial charge in [-0.25, -0.2) is 5.32 Å². The molecule has 2 atom stereocenters. The van der Waals surface area contributed by atoms with E-state index in [2.05, 4.69) is 5.32 Å². The van der Waals surface area contributed by atoms with Crippen LogP contribution in [0.2, 0.25) is 0 Å². The molecule has 0 unspecified atom stereocenters. The van der Waals surface area contributed by atoms with Crippen molar-refractivity contribution in [2.75, 3.05) is 13.1 Å². The summed E-state index contributed by atoms with van der Waals surface area (Å²) < 4.78 is 0. The van der Waals surface area contributed by atoms with Gasteiger partial charge in [-0.3, -0.25) is 0 Å². The van der Waals surface area contributed by atoms with Gasteiger partial charge >= 0.3 is 0 Å². The van der Waals surface area contributed by atoms with Crippen LogP contribution in [0.25, 0.3) is 0 Å². The minimum absolute atomic E-state index is 1.01. The Morgan fingerprint density at radius 2 is 1.62 bits per heavy atom. The molecular weight excluding hydrogens is 98.1 g/mol. The van der Waals surface area contributed by atoms with Crippen molar-refractivity contribution in [2.45, 2.75) is 19.3 Å². The van der Waals surface area contributed by atoms with Crippen LogP contribution in [-0.2, 0) is 0 Å². The molecule has 2 aliphatic rings. The lowest BCUT2D eigenvalue weighted by Gasteiger charge is -2.02. The van der Waals surface area contributed by atoms with Crippen molar-refractivity contribution in [1.29, 1.82) is 0 Å². The maximum absolute atomic E-state index is 4.37. The summed E-state index contributed by atoms with van der Waals surface area (Å²) in [6, 6.07) is 0. The van der Waals surface area contributed by atoms with E-state index < -0.39 is 0 Å². The SMILES string of the molecule is C1C[C@@H]2C[N]C[C@@H]2C1. The van der Waals surface area contributed by atoms with Crippen molar-refractivity contribution < 1.29 is 0 Å². The van der Waals surface area contributed by atoms with E-state index in [0.29, 0.717) is 0 Å². The molecule has 1 aliphatic heterocycles. The second-order valence-corrected chi connectivity index (χ2v) is 3.04. The lowest BCUT2D eigenvalue weighted by atomic mass is 10.0. The van der Waals surface area contributed by atoms with Gasteiger partial charge in [0.25, 0.3) is 0 Å². The van der Waals surface area contributed by atoms with E-state index in [-0.39, 0.29) is 0 Å². The van der Waals surface area contributed by atoms with E-state index in [9.17, 15) is 0 Å². The van der Waals surface area contributed by atoms with E-state index in [1.165, 1.54) is 32.4 Å². The van der Waals surface area contributed by atoms with Gasteiger partial charge in [0.2, 0.25) is 0 Å². The van der Waals surface area contributed by atoms with Crippen LogP contribution in [0, 0.1) is 11.8 Å². The third-order valence-electron chi connectivity index (χ3n) is 2.54. The largest absolute Gasteiger partial charge is 0.241 e. The molecule has 0 aromatic carbocycles. The van der Waals surface area contributed by atoms with Crippen LogP contribution in [0.3, 0.4) is 0 Å². The number of hydrogen-bond donors (Lipinski definition) is 0. The zero-order valence-electron chi connectivity index (χ0n) is 5.14. The molecule has 45 valence electrons. The Kier molecular flexibility index (Phi) is 1.04. The first-order valence-corrected chi connectivity index (χ1v) is 3.60. The van der Waals surface area contributed by atoms with Crippen molar-refractivity contribution in [3.63, 3.8) is 0 Å². The van der Waals surface area contributed by atoms with Gasteiger partial charge in [-0.2, -0.15) is 0 Å². The summed E-state index contributed by atoms with van der Waals surface area (Å²) in [5.74, 6) is 2.02. The van der Waals surface area contributed by atoms with Gasteiger partial charge in [0.15, 0.2) is 0 Å². The molecule has 0 spiro atoms. The molecule has 0 amide bonds. The molecule has 0 aromatic rings. The molecule has 8 heavy (non-hydrogen) atoms. The van der Waals surface area contributed by atoms with E-state index in [4.69, 9.17) is 0 Å². The number of fused-ring (bicyclic) bond motifs is 1. The Bertz CT molecular complexity index is 70.4. The molecule has 0 bridgehead atoms. The highest BCUT2D eigenvalue weighted by molar-refractivity contribution is 4.85.